The van der Waals surface area contributed by atoms with Gasteiger partial charge in [-0.3, -0.25) is 9.10 Å². The van der Waals surface area contributed by atoms with Gasteiger partial charge in [0, 0.05) is 12.1 Å². The van der Waals surface area contributed by atoms with Crippen LogP contribution >= 0.6 is 11.6 Å². The molecule has 0 heterocycles. The third kappa shape index (κ3) is 4.39. The first-order chi connectivity index (χ1) is 12.2. The number of hydrogen-bond acceptors (Lipinski definition) is 5. The topological polar surface area (TPSA) is 84.9 Å². The number of hydrogen-bond donors (Lipinski definition) is 1. The Morgan fingerprint density at radius 1 is 1.08 bits per heavy atom. The summed E-state index contributed by atoms with van der Waals surface area (Å²) in [6.07, 6.45) is 1.08. The van der Waals surface area contributed by atoms with Gasteiger partial charge >= 0.3 is 0 Å². The smallest absolute Gasteiger partial charge is 0.259 e. The summed E-state index contributed by atoms with van der Waals surface area (Å²) < 4.78 is 35.0. The molecule has 0 radical (unpaired) electrons. The Hall–Kier alpha value is -2.45. The van der Waals surface area contributed by atoms with Gasteiger partial charge in [0.2, 0.25) is 10.0 Å². The number of nitrogens with zero attached hydrogens (tertiary/aromatic N) is 1. The van der Waals surface area contributed by atoms with Crippen LogP contribution in [0.15, 0.2) is 36.4 Å². The standard InChI is InChI=1S/C17H19ClN2O5S/c1-20(26(4,22)23)12-6-8-15(24-2)13(10-12)17(21)19-14-9-11(18)5-7-16(14)25-3/h5-10H,1-4H3,(H,19,21). The van der Waals surface area contributed by atoms with E-state index in [9.17, 15) is 13.2 Å². The number of anilines is 2. The van der Waals surface area contributed by atoms with Crippen molar-refractivity contribution in [1.29, 1.82) is 0 Å². The number of methoxy groups -OCH3 is 2. The molecule has 0 aliphatic rings. The predicted molar refractivity (Wildman–Crippen MR) is 102 cm³/mol. The van der Waals surface area contributed by atoms with Crippen molar-refractivity contribution in [2.45, 2.75) is 0 Å². The Labute approximate surface area is 157 Å². The van der Waals surface area contributed by atoms with Crippen molar-refractivity contribution in [2.75, 3.05) is 37.1 Å². The summed E-state index contributed by atoms with van der Waals surface area (Å²) in [7, 11) is 0.828. The molecular formula is C17H19ClN2O5S. The summed E-state index contributed by atoms with van der Waals surface area (Å²) in [5, 5.41) is 3.13. The minimum atomic E-state index is -3.47. The van der Waals surface area contributed by atoms with Crippen LogP contribution in [0, 0.1) is 0 Å². The second-order valence-electron chi connectivity index (χ2n) is 5.41. The van der Waals surface area contributed by atoms with E-state index in [-0.39, 0.29) is 5.56 Å². The van der Waals surface area contributed by atoms with E-state index in [1.807, 2.05) is 0 Å². The largest absolute Gasteiger partial charge is 0.496 e. The van der Waals surface area contributed by atoms with Crippen LogP contribution in [0.2, 0.25) is 5.02 Å². The summed E-state index contributed by atoms with van der Waals surface area (Å²) >= 11 is 5.97. The first-order valence-corrected chi connectivity index (χ1v) is 9.67. The lowest BCUT2D eigenvalue weighted by atomic mass is 10.1. The van der Waals surface area contributed by atoms with Crippen molar-refractivity contribution >= 4 is 38.9 Å². The molecule has 9 heteroatoms. The molecule has 0 aliphatic carbocycles. The highest BCUT2D eigenvalue weighted by Crippen LogP contribution is 2.30. The van der Waals surface area contributed by atoms with E-state index in [4.69, 9.17) is 21.1 Å². The van der Waals surface area contributed by atoms with Crippen molar-refractivity contribution in [3.63, 3.8) is 0 Å². The molecule has 0 spiro atoms. The molecule has 0 fully saturated rings. The Bertz CT molecular complexity index is 931. The Morgan fingerprint density at radius 2 is 1.69 bits per heavy atom. The third-order valence-electron chi connectivity index (χ3n) is 3.70. The SMILES string of the molecule is COc1ccc(Cl)cc1NC(=O)c1cc(N(C)S(C)(=O)=O)ccc1OC. The van der Waals surface area contributed by atoms with E-state index in [2.05, 4.69) is 5.32 Å². The highest BCUT2D eigenvalue weighted by molar-refractivity contribution is 7.92. The highest BCUT2D eigenvalue weighted by Gasteiger charge is 2.19. The van der Waals surface area contributed by atoms with Crippen LogP contribution < -0.4 is 19.1 Å². The van der Waals surface area contributed by atoms with Gasteiger partial charge in [0.05, 0.1) is 37.4 Å². The van der Waals surface area contributed by atoms with Crippen molar-refractivity contribution in [3.05, 3.63) is 47.0 Å². The number of halogens is 1. The zero-order valence-electron chi connectivity index (χ0n) is 14.7. The van der Waals surface area contributed by atoms with E-state index < -0.39 is 15.9 Å². The maximum atomic E-state index is 12.7. The summed E-state index contributed by atoms with van der Waals surface area (Å²) in [5.74, 6) is 0.242. The molecule has 0 bridgehead atoms. The third-order valence-corrected chi connectivity index (χ3v) is 5.14. The lowest BCUT2D eigenvalue weighted by Gasteiger charge is -2.19. The van der Waals surface area contributed by atoms with Gasteiger partial charge in [-0.05, 0) is 36.4 Å². The second kappa shape index (κ2) is 7.84. The molecule has 0 atom stereocenters. The van der Waals surface area contributed by atoms with Crippen LogP contribution in [0.25, 0.3) is 0 Å². The average molecular weight is 399 g/mol. The van der Waals surface area contributed by atoms with Gasteiger partial charge in [0.25, 0.3) is 5.91 Å². The van der Waals surface area contributed by atoms with Crippen LogP contribution in [-0.4, -0.2) is 41.8 Å². The zero-order chi connectivity index (χ0) is 19.5. The van der Waals surface area contributed by atoms with Crippen LogP contribution in [0.1, 0.15) is 10.4 Å². The summed E-state index contributed by atoms with van der Waals surface area (Å²) in [6.45, 7) is 0. The second-order valence-corrected chi connectivity index (χ2v) is 7.86. The van der Waals surface area contributed by atoms with Crippen molar-refractivity contribution in [1.82, 2.24) is 0 Å². The van der Waals surface area contributed by atoms with E-state index in [0.717, 1.165) is 10.6 Å². The molecule has 0 aromatic heterocycles. The summed E-state index contributed by atoms with van der Waals surface area (Å²) in [4.78, 5) is 12.7. The van der Waals surface area contributed by atoms with E-state index in [1.54, 1.807) is 24.3 Å². The first-order valence-electron chi connectivity index (χ1n) is 7.44. The number of carbonyl (C=O) groups excluding carboxylic acids is 1. The van der Waals surface area contributed by atoms with Gasteiger partial charge < -0.3 is 14.8 Å². The summed E-state index contributed by atoms with van der Waals surface area (Å²) in [6, 6.07) is 9.34. The molecule has 0 saturated heterocycles. The van der Waals surface area contributed by atoms with Crippen molar-refractivity contribution in [2.24, 2.45) is 0 Å². The Kier molecular flexibility index (Phi) is 5.99. The van der Waals surface area contributed by atoms with Gasteiger partial charge in [-0.1, -0.05) is 11.6 Å². The molecule has 0 unspecified atom stereocenters. The number of sulfonamides is 1. The molecule has 140 valence electrons. The molecule has 2 aromatic carbocycles. The van der Waals surface area contributed by atoms with Gasteiger partial charge in [0.1, 0.15) is 11.5 Å². The number of rotatable bonds is 6. The van der Waals surface area contributed by atoms with Crippen molar-refractivity contribution in [3.8, 4) is 11.5 Å². The number of nitrogens with one attached hydrogen (secondary N) is 1. The maximum absolute atomic E-state index is 12.7. The molecule has 2 rings (SSSR count). The van der Waals surface area contributed by atoms with Gasteiger partial charge in [-0.25, -0.2) is 8.42 Å². The molecule has 26 heavy (non-hydrogen) atoms. The molecule has 1 N–H and O–H groups in total. The maximum Gasteiger partial charge on any atom is 0.259 e. The minimum Gasteiger partial charge on any atom is -0.496 e. The van der Waals surface area contributed by atoms with Crippen LogP contribution in [0.5, 0.6) is 11.5 Å². The lowest BCUT2D eigenvalue weighted by Crippen LogP contribution is -2.25. The number of benzene rings is 2. The fourth-order valence-electron chi connectivity index (χ4n) is 2.23. The van der Waals surface area contributed by atoms with Gasteiger partial charge in [0.15, 0.2) is 0 Å². The van der Waals surface area contributed by atoms with Gasteiger partial charge in [-0.15, -0.1) is 0 Å². The van der Waals surface area contributed by atoms with Gasteiger partial charge in [-0.2, -0.15) is 0 Å². The first kappa shape index (κ1) is 19.9. The molecule has 0 aliphatic heterocycles. The zero-order valence-corrected chi connectivity index (χ0v) is 16.3. The quantitative estimate of drug-likeness (QED) is 0.808. The number of carbonyl (C=O) groups is 1. The van der Waals surface area contributed by atoms with E-state index >= 15 is 0 Å². The average Bonchev–Trinajstić information content (AvgIpc) is 2.59. The predicted octanol–water partition coefficient (Wildman–Crippen LogP) is 3.01. The highest BCUT2D eigenvalue weighted by atomic mass is 35.5. The minimum absolute atomic E-state index is 0.169. The summed E-state index contributed by atoms with van der Waals surface area (Å²) in [5.41, 5.74) is 0.882. The van der Waals surface area contributed by atoms with Crippen LogP contribution in [0.4, 0.5) is 11.4 Å². The molecule has 1 amide bonds. The Morgan fingerprint density at radius 3 is 2.27 bits per heavy atom. The van der Waals surface area contributed by atoms with Crippen molar-refractivity contribution < 1.29 is 22.7 Å². The lowest BCUT2D eigenvalue weighted by molar-refractivity contribution is 0.102. The fraction of sp³-hybridized carbons (Fsp3) is 0.235. The number of ether oxygens (including phenoxy) is 2. The Balaban J connectivity index is 2.43. The molecule has 2 aromatic rings. The fourth-order valence-corrected chi connectivity index (χ4v) is 2.90. The monoisotopic (exact) mass is 398 g/mol. The molecule has 0 saturated carbocycles. The van der Waals surface area contributed by atoms with Crippen LogP contribution in [-0.2, 0) is 10.0 Å². The van der Waals surface area contributed by atoms with E-state index in [0.29, 0.717) is 27.9 Å². The number of amides is 1. The molecule has 7 nitrogen and oxygen atoms in total. The van der Waals surface area contributed by atoms with Crippen LogP contribution in [0.3, 0.4) is 0 Å². The molecular weight excluding hydrogens is 380 g/mol. The van der Waals surface area contributed by atoms with E-state index in [1.165, 1.54) is 33.4 Å². The normalized spacial score (nSPS) is 11.0.